The van der Waals surface area contributed by atoms with Gasteiger partial charge in [-0.2, -0.15) is 0 Å². The first-order valence-electron chi connectivity index (χ1n) is 15.3. The van der Waals surface area contributed by atoms with E-state index in [-0.39, 0.29) is 0 Å². The lowest BCUT2D eigenvalue weighted by atomic mass is 9.53. The molecule has 4 aliphatic rings. The molecule has 0 radical (unpaired) electrons. The number of hydrogen-bond donors (Lipinski definition) is 2. The summed E-state index contributed by atoms with van der Waals surface area (Å²) in [6, 6.07) is 0. The minimum Gasteiger partial charge on any atom is -0.315 e. The Hall–Kier alpha value is -0.0800. The van der Waals surface area contributed by atoms with Gasteiger partial charge in [-0.05, 0) is 69.2 Å². The average molecular weight is 447 g/mol. The fourth-order valence-corrected chi connectivity index (χ4v) is 7.67. The molecule has 0 aromatic rings. The second-order valence-corrected chi connectivity index (χ2v) is 12.2. The minimum absolute atomic E-state index is 0.546. The summed E-state index contributed by atoms with van der Waals surface area (Å²) in [7, 11) is 0. The molecule has 4 fully saturated rings. The first-order valence-corrected chi connectivity index (χ1v) is 15.3. The molecule has 0 spiro atoms. The van der Waals surface area contributed by atoms with Crippen LogP contribution in [-0.4, -0.2) is 25.2 Å². The van der Waals surface area contributed by atoms with Crippen LogP contribution in [0.5, 0.6) is 0 Å². The van der Waals surface area contributed by atoms with Gasteiger partial charge in [-0.15, -0.1) is 0 Å². The third-order valence-corrected chi connectivity index (χ3v) is 9.05. The Kier molecular flexibility index (Phi) is 13.1. The van der Waals surface area contributed by atoms with Crippen molar-refractivity contribution in [2.45, 2.75) is 154 Å². The fourth-order valence-electron chi connectivity index (χ4n) is 7.67. The van der Waals surface area contributed by atoms with E-state index in [1.807, 2.05) is 0 Å². The highest BCUT2D eigenvalue weighted by molar-refractivity contribution is 5.06. The predicted octanol–water partition coefficient (Wildman–Crippen LogP) is 8.40. The van der Waals surface area contributed by atoms with Gasteiger partial charge in [0, 0.05) is 18.6 Å². The first kappa shape index (κ1) is 26.5. The predicted molar refractivity (Wildman–Crippen MR) is 141 cm³/mol. The highest BCUT2D eigenvalue weighted by atomic mass is 15.0. The maximum Gasteiger partial charge on any atom is 0.0190 e. The van der Waals surface area contributed by atoms with E-state index in [0.717, 1.165) is 17.8 Å². The molecule has 0 unspecified atom stereocenters. The van der Waals surface area contributed by atoms with E-state index in [1.165, 1.54) is 142 Å². The van der Waals surface area contributed by atoms with Gasteiger partial charge >= 0.3 is 0 Å². The van der Waals surface area contributed by atoms with Crippen molar-refractivity contribution < 1.29 is 0 Å². The van der Waals surface area contributed by atoms with E-state index in [9.17, 15) is 0 Å². The first-order chi connectivity index (χ1) is 15.8. The number of rotatable bonds is 21. The zero-order valence-electron chi connectivity index (χ0n) is 21.9. The highest BCUT2D eigenvalue weighted by Gasteiger charge is 2.50. The number of unbranched alkanes of at least 4 members (excludes halogenated alkanes) is 15. The lowest BCUT2D eigenvalue weighted by Gasteiger charge is -2.57. The topological polar surface area (TPSA) is 24.1 Å². The molecule has 0 aromatic carbocycles. The molecule has 0 heterocycles. The van der Waals surface area contributed by atoms with Crippen molar-refractivity contribution in [2.24, 2.45) is 17.8 Å². The molecule has 188 valence electrons. The summed E-state index contributed by atoms with van der Waals surface area (Å²) in [6.45, 7) is 5.88. The Morgan fingerprint density at radius 1 is 0.500 bits per heavy atom. The van der Waals surface area contributed by atoms with E-state index in [4.69, 9.17) is 0 Å². The smallest absolute Gasteiger partial charge is 0.0190 e. The quantitative estimate of drug-likeness (QED) is 0.173. The monoisotopic (exact) mass is 446 g/mol. The van der Waals surface area contributed by atoms with Gasteiger partial charge in [-0.3, -0.25) is 0 Å². The molecule has 2 nitrogen and oxygen atoms in total. The molecule has 4 aliphatic carbocycles. The van der Waals surface area contributed by atoms with Gasteiger partial charge in [0.2, 0.25) is 0 Å². The Bertz CT molecular complexity index is 424. The summed E-state index contributed by atoms with van der Waals surface area (Å²) in [5, 5.41) is 7.73. The van der Waals surface area contributed by atoms with Crippen molar-refractivity contribution in [3.8, 4) is 0 Å². The SMILES string of the molecule is CCCCCCCCCCCCCCCCCCNCCNC12CC3CC(CC(C3)C1)C2. The zero-order valence-corrected chi connectivity index (χ0v) is 21.9. The molecule has 0 saturated heterocycles. The average Bonchev–Trinajstić information content (AvgIpc) is 2.77. The van der Waals surface area contributed by atoms with E-state index >= 15 is 0 Å². The third-order valence-electron chi connectivity index (χ3n) is 9.05. The van der Waals surface area contributed by atoms with Crippen molar-refractivity contribution in [3.63, 3.8) is 0 Å². The Labute approximate surface area is 201 Å². The van der Waals surface area contributed by atoms with Crippen molar-refractivity contribution in [1.82, 2.24) is 10.6 Å². The van der Waals surface area contributed by atoms with Crippen LogP contribution in [0.1, 0.15) is 148 Å². The third kappa shape index (κ3) is 10.0. The zero-order chi connectivity index (χ0) is 22.3. The van der Waals surface area contributed by atoms with Crippen LogP contribution in [0.2, 0.25) is 0 Å². The lowest BCUT2D eigenvalue weighted by molar-refractivity contribution is -0.0192. The number of hydrogen-bond acceptors (Lipinski definition) is 2. The molecule has 32 heavy (non-hydrogen) atoms. The molecule has 0 aromatic heterocycles. The van der Waals surface area contributed by atoms with Gasteiger partial charge in [0.05, 0.1) is 0 Å². The number of nitrogens with one attached hydrogen (secondary N) is 2. The summed E-state index contributed by atoms with van der Waals surface area (Å²) < 4.78 is 0. The Balaban J connectivity index is 1.01. The molecule has 0 amide bonds. The maximum absolute atomic E-state index is 4.02. The molecule has 2 N–H and O–H groups in total. The van der Waals surface area contributed by atoms with Crippen LogP contribution < -0.4 is 10.6 Å². The van der Waals surface area contributed by atoms with E-state index in [0.29, 0.717) is 5.54 Å². The maximum atomic E-state index is 4.02. The standard InChI is InChI=1S/C30H58N2/c1-2-3-4-5-6-7-8-9-10-11-12-13-14-15-16-17-18-31-19-20-32-30-24-27-21-28(25-30)23-29(22-27)26-30/h27-29,31-32H,2-26H2,1H3. The fraction of sp³-hybridized carbons (Fsp3) is 1.00. The van der Waals surface area contributed by atoms with E-state index in [1.54, 1.807) is 19.3 Å². The summed E-state index contributed by atoms with van der Waals surface area (Å²) in [4.78, 5) is 0. The minimum atomic E-state index is 0.546. The van der Waals surface area contributed by atoms with Crippen molar-refractivity contribution in [3.05, 3.63) is 0 Å². The second kappa shape index (κ2) is 15.8. The van der Waals surface area contributed by atoms with Gasteiger partial charge in [0.1, 0.15) is 0 Å². The normalized spacial score (nSPS) is 28.6. The van der Waals surface area contributed by atoms with Crippen LogP contribution >= 0.6 is 0 Å². The molecule has 4 rings (SSSR count). The van der Waals surface area contributed by atoms with Crippen LogP contribution in [0, 0.1) is 17.8 Å². The van der Waals surface area contributed by atoms with Crippen LogP contribution in [0.3, 0.4) is 0 Å². The van der Waals surface area contributed by atoms with Crippen molar-refractivity contribution >= 4 is 0 Å². The van der Waals surface area contributed by atoms with Gasteiger partial charge in [0.25, 0.3) is 0 Å². The van der Waals surface area contributed by atoms with Crippen molar-refractivity contribution in [1.29, 1.82) is 0 Å². The van der Waals surface area contributed by atoms with Crippen LogP contribution in [0.15, 0.2) is 0 Å². The molecule has 0 aliphatic heterocycles. The highest BCUT2D eigenvalue weighted by Crippen LogP contribution is 2.55. The summed E-state index contributed by atoms with van der Waals surface area (Å²) in [6.07, 6.45) is 32.4. The molecule has 4 bridgehead atoms. The van der Waals surface area contributed by atoms with Crippen LogP contribution in [-0.2, 0) is 0 Å². The van der Waals surface area contributed by atoms with Gasteiger partial charge in [-0.25, -0.2) is 0 Å². The molecular formula is C30H58N2. The Morgan fingerprint density at radius 2 is 0.906 bits per heavy atom. The Morgan fingerprint density at radius 3 is 1.34 bits per heavy atom. The largest absolute Gasteiger partial charge is 0.315 e. The van der Waals surface area contributed by atoms with Gasteiger partial charge < -0.3 is 10.6 Å². The molecule has 0 atom stereocenters. The summed E-state index contributed by atoms with van der Waals surface area (Å²) >= 11 is 0. The van der Waals surface area contributed by atoms with Crippen LogP contribution in [0.25, 0.3) is 0 Å². The summed E-state index contributed by atoms with van der Waals surface area (Å²) in [5.74, 6) is 3.19. The lowest BCUT2D eigenvalue weighted by Crippen LogP contribution is -2.59. The molecule has 2 heteroatoms. The van der Waals surface area contributed by atoms with Crippen LogP contribution in [0.4, 0.5) is 0 Å². The summed E-state index contributed by atoms with van der Waals surface area (Å²) in [5.41, 5.74) is 0.546. The van der Waals surface area contributed by atoms with E-state index in [2.05, 4.69) is 17.6 Å². The van der Waals surface area contributed by atoms with Gasteiger partial charge in [0.15, 0.2) is 0 Å². The molecular weight excluding hydrogens is 388 g/mol. The van der Waals surface area contributed by atoms with Gasteiger partial charge in [-0.1, -0.05) is 103 Å². The second-order valence-electron chi connectivity index (χ2n) is 12.2. The molecule has 4 saturated carbocycles. The van der Waals surface area contributed by atoms with Crippen molar-refractivity contribution in [2.75, 3.05) is 19.6 Å². The van der Waals surface area contributed by atoms with E-state index < -0.39 is 0 Å².